The predicted octanol–water partition coefficient (Wildman–Crippen LogP) is 5.85. The maximum Gasteiger partial charge on any atom is 0.270 e. The van der Waals surface area contributed by atoms with Gasteiger partial charge in [-0.1, -0.05) is 6.07 Å². The van der Waals surface area contributed by atoms with E-state index in [1.807, 2.05) is 11.9 Å². The van der Waals surface area contributed by atoms with Crippen LogP contribution in [0.4, 0.5) is 26.0 Å². The summed E-state index contributed by atoms with van der Waals surface area (Å²) in [6.45, 7) is 7.95. The maximum absolute atomic E-state index is 14.4. The zero-order valence-corrected chi connectivity index (χ0v) is 19.4. The minimum Gasteiger partial charge on any atom is -0.504 e. The van der Waals surface area contributed by atoms with E-state index in [9.17, 15) is 18.9 Å². The van der Waals surface area contributed by atoms with Gasteiger partial charge in [0.05, 0.1) is 23.8 Å². The summed E-state index contributed by atoms with van der Waals surface area (Å²) in [7, 11) is 1.84. The van der Waals surface area contributed by atoms with Crippen LogP contribution >= 0.6 is 11.6 Å². The highest BCUT2D eigenvalue weighted by Gasteiger charge is 2.32. The number of non-ortho nitro benzene ring substituents is 1. The summed E-state index contributed by atoms with van der Waals surface area (Å²) in [5.74, 6) is -0.817. The summed E-state index contributed by atoms with van der Waals surface area (Å²) in [6.07, 6.45) is 1.75. The number of rotatable bonds is 8. The number of aromatic nitrogens is 2. The summed E-state index contributed by atoms with van der Waals surface area (Å²) in [6, 6.07) is 7.39. The Balaban J connectivity index is 1.46. The van der Waals surface area contributed by atoms with Gasteiger partial charge >= 0.3 is 0 Å². The van der Waals surface area contributed by atoms with E-state index < -0.39 is 16.6 Å². The van der Waals surface area contributed by atoms with Crippen molar-refractivity contribution in [2.75, 3.05) is 25.1 Å². The molecular weight excluding hydrogens is 480 g/mol. The molecule has 1 aliphatic rings. The van der Waals surface area contributed by atoms with Crippen LogP contribution in [0.5, 0.6) is 5.75 Å². The smallest absolute Gasteiger partial charge is 0.270 e. The Kier molecular flexibility index (Phi) is 7.07. The number of anilines is 1. The van der Waals surface area contributed by atoms with Gasteiger partial charge in [-0.05, 0) is 48.6 Å². The van der Waals surface area contributed by atoms with Gasteiger partial charge in [0.2, 0.25) is 11.0 Å². The number of fused-ring (bicyclic) bond motifs is 1. The average Bonchev–Trinajstić information content (AvgIpc) is 3.24. The van der Waals surface area contributed by atoms with Gasteiger partial charge < -0.3 is 9.64 Å². The van der Waals surface area contributed by atoms with Crippen LogP contribution < -0.4 is 9.64 Å². The summed E-state index contributed by atoms with van der Waals surface area (Å²) < 4.78 is 33.4. The van der Waals surface area contributed by atoms with E-state index in [2.05, 4.69) is 14.8 Å². The first-order chi connectivity index (χ1) is 16.8. The van der Waals surface area contributed by atoms with Crippen LogP contribution in [0.15, 0.2) is 36.4 Å². The molecule has 35 heavy (non-hydrogen) atoms. The van der Waals surface area contributed by atoms with Gasteiger partial charge in [0.1, 0.15) is 23.2 Å². The molecule has 0 fully saturated rings. The molecule has 1 aliphatic carbocycles. The van der Waals surface area contributed by atoms with E-state index in [0.717, 1.165) is 11.6 Å². The third kappa shape index (κ3) is 5.15. The van der Waals surface area contributed by atoms with E-state index in [1.165, 1.54) is 30.3 Å². The number of benzene rings is 2. The van der Waals surface area contributed by atoms with E-state index in [1.54, 1.807) is 0 Å². The van der Waals surface area contributed by atoms with Crippen molar-refractivity contribution in [1.29, 1.82) is 0 Å². The van der Waals surface area contributed by atoms with Gasteiger partial charge in [-0.15, -0.1) is 0 Å². The van der Waals surface area contributed by atoms with Crippen molar-refractivity contribution >= 4 is 28.8 Å². The Bertz CT molecular complexity index is 1330. The van der Waals surface area contributed by atoms with Crippen LogP contribution in [0, 0.1) is 28.3 Å². The summed E-state index contributed by atoms with van der Waals surface area (Å²) in [5, 5.41) is 11.0. The van der Waals surface area contributed by atoms with E-state index in [-0.39, 0.29) is 34.9 Å². The fourth-order valence-electron chi connectivity index (χ4n) is 4.23. The summed E-state index contributed by atoms with van der Waals surface area (Å²) in [4.78, 5) is 24.4. The molecule has 0 N–H and O–H groups in total. The highest BCUT2D eigenvalue weighted by molar-refractivity contribution is 6.28. The molecule has 1 unspecified atom stereocenters. The quantitative estimate of drug-likeness (QED) is 0.127. The third-order valence-electron chi connectivity index (χ3n) is 5.87. The maximum atomic E-state index is 14.4. The Morgan fingerprint density at radius 3 is 2.80 bits per heavy atom. The highest BCUT2D eigenvalue weighted by atomic mass is 35.5. The molecule has 0 aliphatic heterocycles. The number of ether oxygens (including phenoxy) is 1. The molecule has 0 bridgehead atoms. The fourth-order valence-corrected chi connectivity index (χ4v) is 4.40. The van der Waals surface area contributed by atoms with Gasteiger partial charge in [-0.2, -0.15) is 0 Å². The fraction of sp³-hybridized carbons (Fsp3) is 0.292. The molecule has 4 rings (SSSR count). The molecule has 0 saturated carbocycles. The molecule has 0 saturated heterocycles. The molecule has 1 atom stereocenters. The average molecular weight is 500 g/mol. The lowest BCUT2D eigenvalue weighted by atomic mass is 9.96. The normalized spacial score (nSPS) is 14.3. The first kappa shape index (κ1) is 24.3. The Labute approximate surface area is 205 Å². The Morgan fingerprint density at radius 1 is 1.29 bits per heavy atom. The number of nitro groups is 1. The molecule has 1 heterocycles. The minimum atomic E-state index is -0.638. The second-order valence-electron chi connectivity index (χ2n) is 8.08. The topological polar surface area (TPSA) is 85.8 Å². The number of hydrogen-bond acceptors (Lipinski definition) is 6. The molecule has 8 nitrogen and oxygen atoms in total. The van der Waals surface area contributed by atoms with Gasteiger partial charge in [-0.3, -0.25) is 10.1 Å². The predicted molar refractivity (Wildman–Crippen MR) is 126 cm³/mol. The van der Waals surface area contributed by atoms with Crippen LogP contribution in [0.2, 0.25) is 5.28 Å². The highest BCUT2D eigenvalue weighted by Crippen LogP contribution is 2.41. The van der Waals surface area contributed by atoms with Crippen molar-refractivity contribution in [3.8, 4) is 5.75 Å². The number of hydrogen-bond donors (Lipinski definition) is 0. The zero-order chi connectivity index (χ0) is 25.1. The minimum absolute atomic E-state index is 0.0366. The Hall–Kier alpha value is -3.84. The standard InChI is InChI=1S/C24H20ClF2N5O3/c1-28-20-9-5-15(32(33)34)13-21(20)35-11-3-10-31(2)23-18-8-7-17(22(18)29-24(25)30-23)16-6-4-14(26)12-19(16)27/h4-6,9,12-13,17H,3,7-8,10-11H2,2H3. The van der Waals surface area contributed by atoms with Gasteiger partial charge in [0.25, 0.3) is 5.69 Å². The van der Waals surface area contributed by atoms with Crippen molar-refractivity contribution in [3.05, 3.63) is 91.7 Å². The van der Waals surface area contributed by atoms with Crippen LogP contribution in [0.1, 0.15) is 35.6 Å². The van der Waals surface area contributed by atoms with Crippen molar-refractivity contribution in [2.24, 2.45) is 0 Å². The first-order valence-corrected chi connectivity index (χ1v) is 11.2. The molecule has 3 aromatic rings. The lowest BCUT2D eigenvalue weighted by Gasteiger charge is -2.22. The van der Waals surface area contributed by atoms with Gasteiger partial charge in [0, 0.05) is 43.3 Å². The molecule has 2 aromatic carbocycles. The van der Waals surface area contributed by atoms with E-state index in [0.29, 0.717) is 42.9 Å². The molecule has 0 spiro atoms. The lowest BCUT2D eigenvalue weighted by Crippen LogP contribution is -2.23. The van der Waals surface area contributed by atoms with E-state index in [4.69, 9.17) is 22.9 Å². The molecule has 1 aromatic heterocycles. The largest absolute Gasteiger partial charge is 0.504 e. The van der Waals surface area contributed by atoms with Crippen molar-refractivity contribution in [1.82, 2.24) is 9.97 Å². The third-order valence-corrected chi connectivity index (χ3v) is 6.04. The van der Waals surface area contributed by atoms with Crippen molar-refractivity contribution < 1.29 is 18.4 Å². The van der Waals surface area contributed by atoms with Crippen LogP contribution in [-0.2, 0) is 6.42 Å². The molecule has 11 heteroatoms. The lowest BCUT2D eigenvalue weighted by molar-refractivity contribution is -0.384. The number of nitro benzene ring substituents is 1. The number of nitrogens with zero attached hydrogens (tertiary/aromatic N) is 5. The molecule has 180 valence electrons. The Morgan fingerprint density at radius 2 is 2.09 bits per heavy atom. The summed E-state index contributed by atoms with van der Waals surface area (Å²) >= 11 is 6.19. The zero-order valence-electron chi connectivity index (χ0n) is 18.7. The van der Waals surface area contributed by atoms with Crippen LogP contribution in [0.25, 0.3) is 4.85 Å². The summed E-state index contributed by atoms with van der Waals surface area (Å²) in [5.41, 5.74) is 1.91. The number of halogens is 3. The van der Waals surface area contributed by atoms with Crippen LogP contribution in [-0.4, -0.2) is 35.1 Å². The van der Waals surface area contributed by atoms with Gasteiger partial charge in [-0.25, -0.2) is 23.6 Å². The van der Waals surface area contributed by atoms with E-state index >= 15 is 0 Å². The van der Waals surface area contributed by atoms with Crippen molar-refractivity contribution in [3.63, 3.8) is 0 Å². The first-order valence-electron chi connectivity index (χ1n) is 10.8. The monoisotopic (exact) mass is 499 g/mol. The van der Waals surface area contributed by atoms with Gasteiger partial charge in [0.15, 0.2) is 0 Å². The second kappa shape index (κ2) is 10.2. The SMILES string of the molecule is [C-]#[N+]c1ccc([N+](=O)[O-])cc1OCCCN(C)c1nc(Cl)nc2c1CCC2c1ccc(F)cc1F. The second-order valence-corrected chi connectivity index (χ2v) is 8.42. The molecule has 0 radical (unpaired) electrons. The van der Waals surface area contributed by atoms with Crippen LogP contribution in [0.3, 0.4) is 0 Å². The van der Waals surface area contributed by atoms with Crippen molar-refractivity contribution in [2.45, 2.75) is 25.2 Å². The molecule has 0 amide bonds. The molecular formula is C24H20ClF2N5O3.